The number of rotatable bonds is 4. The van der Waals surface area contributed by atoms with Gasteiger partial charge in [-0.15, -0.1) is 0 Å². The molecule has 1 rings (SSSR count). The van der Waals surface area contributed by atoms with Gasteiger partial charge < -0.3 is 10.4 Å². The highest BCUT2D eigenvalue weighted by atomic mass is 79.9. The zero-order chi connectivity index (χ0) is 12.3. The van der Waals surface area contributed by atoms with Crippen molar-refractivity contribution in [3.63, 3.8) is 0 Å². The van der Waals surface area contributed by atoms with E-state index in [1.54, 1.807) is 0 Å². The number of carboxylic acid groups (broad SMARTS) is 1. The van der Waals surface area contributed by atoms with Gasteiger partial charge in [0.05, 0.1) is 6.42 Å². The predicted octanol–water partition coefficient (Wildman–Crippen LogP) is 3.34. The van der Waals surface area contributed by atoms with Gasteiger partial charge in [0.2, 0.25) is 0 Å². The number of hydrogen-bond donors (Lipinski definition) is 2. The third-order valence-corrected chi connectivity index (χ3v) is 3.58. The second-order valence-electron chi connectivity index (χ2n) is 4.07. The summed E-state index contributed by atoms with van der Waals surface area (Å²) in [7, 11) is 0. The minimum atomic E-state index is -0.787. The molecule has 0 saturated carbocycles. The van der Waals surface area contributed by atoms with Gasteiger partial charge >= 0.3 is 5.97 Å². The van der Waals surface area contributed by atoms with Crippen LogP contribution in [0.2, 0.25) is 0 Å². The molecule has 0 bridgehead atoms. The number of nitrogens with one attached hydrogen (secondary N) is 1. The van der Waals surface area contributed by atoms with E-state index < -0.39 is 5.97 Å². The van der Waals surface area contributed by atoms with Crippen molar-refractivity contribution in [3.8, 4) is 0 Å². The molecule has 3 nitrogen and oxygen atoms in total. The molecule has 0 heterocycles. The minimum Gasteiger partial charge on any atom is -0.481 e. The van der Waals surface area contributed by atoms with Crippen molar-refractivity contribution >= 4 is 27.6 Å². The summed E-state index contributed by atoms with van der Waals surface area (Å²) < 4.78 is 1.10. The van der Waals surface area contributed by atoms with E-state index in [4.69, 9.17) is 5.11 Å². The highest BCUT2D eigenvalue weighted by molar-refractivity contribution is 9.10. The van der Waals surface area contributed by atoms with Crippen LogP contribution >= 0.6 is 15.9 Å². The second-order valence-corrected chi connectivity index (χ2v) is 4.86. The average Bonchev–Trinajstić information content (AvgIpc) is 2.12. The van der Waals surface area contributed by atoms with Crippen molar-refractivity contribution in [3.05, 3.63) is 27.7 Å². The van der Waals surface area contributed by atoms with Gasteiger partial charge in [-0.1, -0.05) is 15.9 Å². The largest absolute Gasteiger partial charge is 0.481 e. The number of benzene rings is 1. The van der Waals surface area contributed by atoms with Crippen molar-refractivity contribution in [2.75, 3.05) is 5.32 Å². The minimum absolute atomic E-state index is 0.0718. The lowest BCUT2D eigenvalue weighted by atomic mass is 10.1. The van der Waals surface area contributed by atoms with Gasteiger partial charge in [0.25, 0.3) is 0 Å². The molecule has 0 aromatic heterocycles. The van der Waals surface area contributed by atoms with Gasteiger partial charge in [0, 0.05) is 16.2 Å². The van der Waals surface area contributed by atoms with E-state index in [-0.39, 0.29) is 12.5 Å². The van der Waals surface area contributed by atoms with Crippen LogP contribution in [-0.4, -0.2) is 17.1 Å². The maximum Gasteiger partial charge on any atom is 0.305 e. The Hall–Kier alpha value is -1.03. The smallest absolute Gasteiger partial charge is 0.305 e. The second kappa shape index (κ2) is 5.34. The van der Waals surface area contributed by atoms with Crippen molar-refractivity contribution in [1.82, 2.24) is 0 Å². The normalized spacial score (nSPS) is 12.2. The highest BCUT2D eigenvalue weighted by Gasteiger charge is 2.08. The van der Waals surface area contributed by atoms with E-state index in [0.717, 1.165) is 21.3 Å². The lowest BCUT2D eigenvalue weighted by Crippen LogP contribution is -2.19. The standard InChI is InChI=1S/C12H16BrNO2/c1-7-4-10(5-8(2)12(7)13)14-9(3)6-11(15)16/h4-5,9,14H,6H2,1-3H3,(H,15,16). The molecule has 4 heteroatoms. The molecule has 2 N–H and O–H groups in total. The molecule has 88 valence electrons. The fraction of sp³-hybridized carbons (Fsp3) is 0.417. The quantitative estimate of drug-likeness (QED) is 0.892. The molecule has 0 amide bonds. The molecule has 1 aromatic carbocycles. The van der Waals surface area contributed by atoms with Crippen LogP contribution in [0, 0.1) is 13.8 Å². The topological polar surface area (TPSA) is 49.3 Å². The molecule has 1 unspecified atom stereocenters. The molecule has 1 aromatic rings. The van der Waals surface area contributed by atoms with Crippen LogP contribution < -0.4 is 5.32 Å². The Morgan fingerprint density at radius 2 is 1.94 bits per heavy atom. The summed E-state index contributed by atoms with van der Waals surface area (Å²) in [5, 5.41) is 11.8. The van der Waals surface area contributed by atoms with Gasteiger partial charge in [0.1, 0.15) is 0 Å². The monoisotopic (exact) mass is 285 g/mol. The van der Waals surface area contributed by atoms with E-state index in [1.807, 2.05) is 32.9 Å². The molecule has 0 radical (unpaired) electrons. The summed E-state index contributed by atoms with van der Waals surface area (Å²) in [6.07, 6.45) is 0.119. The Bertz CT molecular complexity index is 381. The van der Waals surface area contributed by atoms with Gasteiger partial charge in [-0.05, 0) is 44.0 Å². The van der Waals surface area contributed by atoms with Crippen molar-refractivity contribution in [1.29, 1.82) is 0 Å². The van der Waals surface area contributed by atoms with Crippen molar-refractivity contribution in [2.24, 2.45) is 0 Å². The van der Waals surface area contributed by atoms with Crippen molar-refractivity contribution < 1.29 is 9.90 Å². The Morgan fingerprint density at radius 1 is 1.44 bits per heavy atom. The number of hydrogen-bond acceptors (Lipinski definition) is 2. The molecule has 0 fully saturated rings. The highest BCUT2D eigenvalue weighted by Crippen LogP contribution is 2.25. The summed E-state index contributed by atoms with van der Waals surface area (Å²) >= 11 is 3.50. The van der Waals surface area contributed by atoms with Gasteiger partial charge in [0.15, 0.2) is 0 Å². The Labute approximate surface area is 104 Å². The first-order valence-electron chi connectivity index (χ1n) is 5.15. The Kier molecular flexibility index (Phi) is 4.35. The number of carbonyl (C=O) groups is 1. The van der Waals surface area contributed by atoms with Gasteiger partial charge in [-0.3, -0.25) is 4.79 Å². The Morgan fingerprint density at radius 3 is 2.38 bits per heavy atom. The number of carboxylic acids is 1. The SMILES string of the molecule is Cc1cc(NC(C)CC(=O)O)cc(C)c1Br. The molecule has 0 spiro atoms. The third-order valence-electron chi connectivity index (χ3n) is 2.33. The molecule has 0 aliphatic rings. The summed E-state index contributed by atoms with van der Waals surface area (Å²) in [4.78, 5) is 10.5. The van der Waals surface area contributed by atoms with Crippen LogP contribution in [0.5, 0.6) is 0 Å². The van der Waals surface area contributed by atoms with Crippen LogP contribution in [0.25, 0.3) is 0 Å². The summed E-state index contributed by atoms with van der Waals surface area (Å²) in [5.41, 5.74) is 3.25. The predicted molar refractivity (Wildman–Crippen MR) is 69.0 cm³/mol. The van der Waals surface area contributed by atoms with Crippen molar-refractivity contribution in [2.45, 2.75) is 33.2 Å². The van der Waals surface area contributed by atoms with Gasteiger partial charge in [-0.2, -0.15) is 0 Å². The molecule has 0 aliphatic carbocycles. The van der Waals surface area contributed by atoms with Crippen LogP contribution in [-0.2, 0) is 4.79 Å². The van der Waals surface area contributed by atoms with Crippen LogP contribution in [0.4, 0.5) is 5.69 Å². The number of halogens is 1. The van der Waals surface area contributed by atoms with E-state index >= 15 is 0 Å². The van der Waals surface area contributed by atoms with Crippen LogP contribution in [0.1, 0.15) is 24.5 Å². The molecule has 0 aliphatic heterocycles. The summed E-state index contributed by atoms with van der Waals surface area (Å²) in [5.74, 6) is -0.787. The Balaban J connectivity index is 2.78. The first-order chi connectivity index (χ1) is 7.40. The summed E-state index contributed by atoms with van der Waals surface area (Å²) in [6, 6.07) is 3.95. The first-order valence-corrected chi connectivity index (χ1v) is 5.94. The van der Waals surface area contributed by atoms with Crippen LogP contribution in [0.15, 0.2) is 16.6 Å². The lowest BCUT2D eigenvalue weighted by Gasteiger charge is -2.15. The third kappa shape index (κ3) is 3.52. The summed E-state index contributed by atoms with van der Waals surface area (Å²) in [6.45, 7) is 5.90. The molecule has 16 heavy (non-hydrogen) atoms. The van der Waals surface area contributed by atoms with E-state index in [9.17, 15) is 4.79 Å². The molecule has 1 atom stereocenters. The lowest BCUT2D eigenvalue weighted by molar-refractivity contribution is -0.137. The maximum absolute atomic E-state index is 10.5. The molecule has 0 saturated heterocycles. The first kappa shape index (κ1) is 13.0. The number of aryl methyl sites for hydroxylation is 2. The number of anilines is 1. The van der Waals surface area contributed by atoms with Crippen LogP contribution in [0.3, 0.4) is 0 Å². The molecular formula is C12H16BrNO2. The zero-order valence-corrected chi connectivity index (χ0v) is 11.3. The zero-order valence-electron chi connectivity index (χ0n) is 9.67. The van der Waals surface area contributed by atoms with E-state index in [0.29, 0.717) is 0 Å². The van der Waals surface area contributed by atoms with E-state index in [1.165, 1.54) is 0 Å². The van der Waals surface area contributed by atoms with Gasteiger partial charge in [-0.25, -0.2) is 0 Å². The average molecular weight is 286 g/mol. The fourth-order valence-corrected chi connectivity index (χ4v) is 1.86. The fourth-order valence-electron chi connectivity index (χ4n) is 1.63. The number of aliphatic carboxylic acids is 1. The maximum atomic E-state index is 10.5. The van der Waals surface area contributed by atoms with E-state index in [2.05, 4.69) is 21.2 Å². The molecular weight excluding hydrogens is 270 g/mol.